The molecule has 0 saturated heterocycles. The molecule has 6 heteroatoms. The van der Waals surface area contributed by atoms with Gasteiger partial charge in [-0.15, -0.1) is 0 Å². The highest BCUT2D eigenvalue weighted by Crippen LogP contribution is 2.61. The van der Waals surface area contributed by atoms with Crippen LogP contribution < -0.4 is 9.47 Å². The lowest BCUT2D eigenvalue weighted by Gasteiger charge is -2.52. The molecule has 1 aromatic rings. The van der Waals surface area contributed by atoms with Crippen molar-refractivity contribution < 1.29 is 24.1 Å². The van der Waals surface area contributed by atoms with Gasteiger partial charge in [0.25, 0.3) is 0 Å². The van der Waals surface area contributed by atoms with Crippen molar-refractivity contribution in [2.75, 3.05) is 20.9 Å². The molecule has 0 radical (unpaired) electrons. The summed E-state index contributed by atoms with van der Waals surface area (Å²) in [5.74, 6) is 1.38. The molecule has 1 heterocycles. The van der Waals surface area contributed by atoms with Crippen LogP contribution in [0.15, 0.2) is 24.3 Å². The first kappa shape index (κ1) is 19.3. The van der Waals surface area contributed by atoms with Crippen LogP contribution >= 0.6 is 0 Å². The number of nitrogens with zero attached hydrogens (tertiary/aromatic N) is 1. The van der Waals surface area contributed by atoms with Gasteiger partial charge in [-0.05, 0) is 31.5 Å². The fourth-order valence-corrected chi connectivity index (χ4v) is 5.56. The molecule has 3 aliphatic rings. The molecule has 4 rings (SSSR count). The Labute approximate surface area is 166 Å². The van der Waals surface area contributed by atoms with Gasteiger partial charge in [-0.3, -0.25) is 9.69 Å². The molecule has 0 aromatic heterocycles. The molecule has 0 saturated carbocycles. The molecule has 1 unspecified atom stereocenters. The van der Waals surface area contributed by atoms with E-state index in [4.69, 9.17) is 14.2 Å². The fraction of sp³-hybridized carbons (Fsp3) is 0.591. The summed E-state index contributed by atoms with van der Waals surface area (Å²) < 4.78 is 17.2. The van der Waals surface area contributed by atoms with Gasteiger partial charge in [-0.1, -0.05) is 31.6 Å². The van der Waals surface area contributed by atoms with Gasteiger partial charge in [0.05, 0.1) is 7.11 Å². The number of benzene rings is 1. The summed E-state index contributed by atoms with van der Waals surface area (Å²) in [5, 5.41) is 10.8. The Morgan fingerprint density at radius 2 is 2.18 bits per heavy atom. The van der Waals surface area contributed by atoms with Crippen LogP contribution in [0.5, 0.6) is 11.5 Å². The van der Waals surface area contributed by atoms with E-state index in [0.29, 0.717) is 0 Å². The quantitative estimate of drug-likeness (QED) is 0.459. The Morgan fingerprint density at radius 3 is 2.86 bits per heavy atom. The van der Waals surface area contributed by atoms with Crippen molar-refractivity contribution in [3.8, 4) is 11.5 Å². The number of carbonyl (C=O) groups is 1. The standard InChI is InChI=1S/C22H29NO5/c1-5-10-22-15-7-8-17(25)21(22)28-20-18(26-4)9-6-14(19(20)22)11-16(15)23(3)12-27-13(2)24/h6-9,15-17,21,25H,5,10-12H2,1-4H3/t15-,16?,17-,21-,22-/m0/s1. The van der Waals surface area contributed by atoms with E-state index in [1.807, 2.05) is 19.2 Å². The third-order valence-corrected chi connectivity index (χ3v) is 6.61. The smallest absolute Gasteiger partial charge is 0.303 e. The number of esters is 1. The van der Waals surface area contributed by atoms with Gasteiger partial charge in [0.2, 0.25) is 0 Å². The summed E-state index contributed by atoms with van der Waals surface area (Å²) >= 11 is 0. The minimum Gasteiger partial charge on any atom is -0.493 e. The number of likely N-dealkylation sites (N-methyl/N-ethyl adjacent to an activating group) is 1. The molecule has 0 spiro atoms. The van der Waals surface area contributed by atoms with Crippen LogP contribution in [0, 0.1) is 5.92 Å². The normalized spacial score (nSPS) is 32.1. The Kier molecular flexibility index (Phi) is 4.88. The van der Waals surface area contributed by atoms with Gasteiger partial charge in [0.15, 0.2) is 11.5 Å². The summed E-state index contributed by atoms with van der Waals surface area (Å²) in [6, 6.07) is 4.22. The van der Waals surface area contributed by atoms with Gasteiger partial charge >= 0.3 is 5.97 Å². The maximum absolute atomic E-state index is 11.3. The predicted molar refractivity (Wildman–Crippen MR) is 105 cm³/mol. The Morgan fingerprint density at radius 1 is 1.39 bits per heavy atom. The SMILES string of the molecule is CCC[C@]12c3c4ccc(OC)c3O[C@H]1[C@@H](O)C=C[C@H]2C(N(C)COC(C)=O)C4. The minimum absolute atomic E-state index is 0.146. The van der Waals surface area contributed by atoms with E-state index in [1.54, 1.807) is 7.11 Å². The van der Waals surface area contributed by atoms with Crippen molar-refractivity contribution in [1.29, 1.82) is 0 Å². The van der Waals surface area contributed by atoms with Crippen molar-refractivity contribution in [3.05, 3.63) is 35.4 Å². The van der Waals surface area contributed by atoms with Gasteiger partial charge < -0.3 is 19.3 Å². The molecule has 0 bridgehead atoms. The van der Waals surface area contributed by atoms with Crippen LogP contribution in [0.4, 0.5) is 0 Å². The summed E-state index contributed by atoms with van der Waals surface area (Å²) in [5.41, 5.74) is 2.12. The van der Waals surface area contributed by atoms with Crippen molar-refractivity contribution in [2.45, 2.75) is 56.8 Å². The monoisotopic (exact) mass is 387 g/mol. The average molecular weight is 387 g/mol. The van der Waals surface area contributed by atoms with Crippen LogP contribution in [-0.4, -0.2) is 55.1 Å². The van der Waals surface area contributed by atoms with Crippen molar-refractivity contribution in [3.63, 3.8) is 0 Å². The number of aliphatic hydroxyl groups excluding tert-OH is 1. The summed E-state index contributed by atoms with van der Waals surface area (Å²) in [4.78, 5) is 13.4. The minimum atomic E-state index is -0.662. The second-order valence-corrected chi connectivity index (χ2v) is 8.15. The summed E-state index contributed by atoms with van der Waals surface area (Å²) in [6.45, 7) is 3.85. The number of hydrogen-bond acceptors (Lipinski definition) is 6. The Balaban J connectivity index is 1.85. The van der Waals surface area contributed by atoms with Gasteiger partial charge in [0, 0.05) is 29.9 Å². The van der Waals surface area contributed by atoms with Gasteiger partial charge in [-0.25, -0.2) is 0 Å². The van der Waals surface area contributed by atoms with E-state index in [1.165, 1.54) is 18.1 Å². The third kappa shape index (κ3) is 2.65. The topological polar surface area (TPSA) is 68.2 Å². The second kappa shape index (κ2) is 7.08. The van der Waals surface area contributed by atoms with E-state index in [9.17, 15) is 9.90 Å². The summed E-state index contributed by atoms with van der Waals surface area (Å²) in [7, 11) is 3.65. The molecule has 28 heavy (non-hydrogen) atoms. The molecule has 0 fully saturated rings. The number of aliphatic hydroxyl groups is 1. The van der Waals surface area contributed by atoms with Crippen molar-refractivity contribution >= 4 is 5.97 Å². The van der Waals surface area contributed by atoms with E-state index in [2.05, 4.69) is 24.0 Å². The zero-order valence-corrected chi connectivity index (χ0v) is 17.0. The molecular formula is C22H29NO5. The van der Waals surface area contributed by atoms with Crippen molar-refractivity contribution in [2.24, 2.45) is 5.92 Å². The third-order valence-electron chi connectivity index (χ3n) is 6.61. The molecule has 2 aliphatic carbocycles. The van der Waals surface area contributed by atoms with Gasteiger partial charge in [-0.2, -0.15) is 0 Å². The lowest BCUT2D eigenvalue weighted by Crippen LogP contribution is -2.60. The molecule has 1 N–H and O–H groups in total. The van der Waals surface area contributed by atoms with Crippen molar-refractivity contribution in [1.82, 2.24) is 4.90 Å². The highest BCUT2D eigenvalue weighted by molar-refractivity contribution is 5.66. The van der Waals surface area contributed by atoms with Crippen LogP contribution in [0.3, 0.4) is 0 Å². The molecule has 0 amide bonds. The van der Waals surface area contributed by atoms with E-state index >= 15 is 0 Å². The highest BCUT2D eigenvalue weighted by atomic mass is 16.5. The first-order valence-corrected chi connectivity index (χ1v) is 10.0. The molecule has 1 aromatic carbocycles. The number of carbonyl (C=O) groups excluding carboxylic acids is 1. The lowest BCUT2D eigenvalue weighted by molar-refractivity contribution is -0.147. The zero-order valence-electron chi connectivity index (χ0n) is 17.0. The van der Waals surface area contributed by atoms with E-state index in [-0.39, 0.29) is 36.2 Å². The van der Waals surface area contributed by atoms with Crippen LogP contribution in [0.2, 0.25) is 0 Å². The Bertz CT molecular complexity index is 806. The predicted octanol–water partition coefficient (Wildman–Crippen LogP) is 2.42. The van der Waals surface area contributed by atoms with E-state index < -0.39 is 6.10 Å². The molecule has 152 valence electrons. The number of methoxy groups -OCH3 is 1. The molecule has 6 nitrogen and oxygen atoms in total. The summed E-state index contributed by atoms with van der Waals surface area (Å²) in [6.07, 6.45) is 5.73. The van der Waals surface area contributed by atoms with Crippen LogP contribution in [-0.2, 0) is 21.4 Å². The Hall–Kier alpha value is -2.05. The molecule has 5 atom stereocenters. The van der Waals surface area contributed by atoms with Crippen LogP contribution in [0.25, 0.3) is 0 Å². The number of rotatable bonds is 6. The first-order chi connectivity index (χ1) is 13.4. The van der Waals surface area contributed by atoms with Crippen LogP contribution in [0.1, 0.15) is 37.8 Å². The fourth-order valence-electron chi connectivity index (χ4n) is 5.56. The molecular weight excluding hydrogens is 358 g/mol. The average Bonchev–Trinajstić information content (AvgIpc) is 3.03. The van der Waals surface area contributed by atoms with E-state index in [0.717, 1.165) is 30.8 Å². The maximum Gasteiger partial charge on any atom is 0.303 e. The lowest BCUT2D eigenvalue weighted by atomic mass is 9.54. The zero-order chi connectivity index (χ0) is 20.1. The maximum atomic E-state index is 11.3. The number of hydrogen-bond donors (Lipinski definition) is 1. The second-order valence-electron chi connectivity index (χ2n) is 8.15. The first-order valence-electron chi connectivity index (χ1n) is 10.0. The van der Waals surface area contributed by atoms with Gasteiger partial charge in [0.1, 0.15) is 18.9 Å². The number of ether oxygens (including phenoxy) is 3. The largest absolute Gasteiger partial charge is 0.493 e. The molecule has 1 aliphatic heterocycles. The highest BCUT2D eigenvalue weighted by Gasteiger charge is 2.62.